The highest BCUT2D eigenvalue weighted by molar-refractivity contribution is 6.31. The smallest absolute Gasteiger partial charge is 0.250 e. The summed E-state index contributed by atoms with van der Waals surface area (Å²) < 4.78 is 1.51. The number of carbonyl (C=O) groups is 1. The minimum absolute atomic E-state index is 0.117. The Morgan fingerprint density at radius 2 is 2.00 bits per heavy atom. The zero-order valence-electron chi connectivity index (χ0n) is 12.1. The molecule has 0 saturated carbocycles. The molecule has 1 amide bonds. The summed E-state index contributed by atoms with van der Waals surface area (Å²) in [6, 6.07) is 10.4. The number of amides is 1. The lowest BCUT2D eigenvalue weighted by molar-refractivity contribution is -0.116. The summed E-state index contributed by atoms with van der Waals surface area (Å²) >= 11 is 6.11. The summed E-state index contributed by atoms with van der Waals surface area (Å²) in [4.78, 5) is 23.6. The Bertz CT molecular complexity index is 713. The van der Waals surface area contributed by atoms with Crippen LogP contribution in [0.5, 0.6) is 0 Å². The zero-order valence-corrected chi connectivity index (χ0v) is 12.8. The molecule has 1 heterocycles. The Hall–Kier alpha value is -2.11. The van der Waals surface area contributed by atoms with Gasteiger partial charge in [-0.1, -0.05) is 29.8 Å². The first-order valence-electron chi connectivity index (χ1n) is 7.04. The molecule has 0 radical (unpaired) electrons. The van der Waals surface area contributed by atoms with E-state index in [0.29, 0.717) is 36.6 Å². The minimum Gasteiger partial charge on any atom is -0.330 e. The van der Waals surface area contributed by atoms with Gasteiger partial charge in [-0.15, -0.1) is 0 Å². The number of halogens is 1. The van der Waals surface area contributed by atoms with Crippen molar-refractivity contribution in [1.29, 1.82) is 0 Å². The van der Waals surface area contributed by atoms with E-state index < -0.39 is 0 Å². The summed E-state index contributed by atoms with van der Waals surface area (Å²) in [5, 5.41) is 3.36. The molecular formula is C16H18ClN3O2. The molecule has 116 valence electrons. The first kappa shape index (κ1) is 16.3. The number of hydrogen-bond donors (Lipinski definition) is 2. The molecule has 0 saturated heterocycles. The Labute approximate surface area is 133 Å². The first-order chi connectivity index (χ1) is 10.6. The average Bonchev–Trinajstić information content (AvgIpc) is 2.51. The maximum absolute atomic E-state index is 11.9. The van der Waals surface area contributed by atoms with Gasteiger partial charge in [0.25, 0.3) is 5.56 Å². The molecule has 2 rings (SSSR count). The van der Waals surface area contributed by atoms with Gasteiger partial charge in [0.1, 0.15) is 0 Å². The Kier molecular flexibility index (Phi) is 5.75. The van der Waals surface area contributed by atoms with Crippen LogP contribution in [0.1, 0.15) is 18.4 Å². The van der Waals surface area contributed by atoms with Crippen molar-refractivity contribution >= 4 is 23.2 Å². The molecule has 5 nitrogen and oxygen atoms in total. The molecular weight excluding hydrogens is 302 g/mol. The second-order valence-corrected chi connectivity index (χ2v) is 5.32. The molecule has 1 aromatic heterocycles. The molecule has 0 aliphatic carbocycles. The molecule has 22 heavy (non-hydrogen) atoms. The van der Waals surface area contributed by atoms with E-state index in [9.17, 15) is 9.59 Å². The van der Waals surface area contributed by atoms with Crippen molar-refractivity contribution in [2.75, 3.05) is 11.9 Å². The molecule has 6 heteroatoms. The molecule has 2 aromatic rings. The maximum Gasteiger partial charge on any atom is 0.250 e. The van der Waals surface area contributed by atoms with Gasteiger partial charge < -0.3 is 15.6 Å². The molecule has 0 fully saturated rings. The van der Waals surface area contributed by atoms with Crippen LogP contribution in [0.2, 0.25) is 5.02 Å². The van der Waals surface area contributed by atoms with Crippen LogP contribution in [0.15, 0.2) is 47.4 Å². The standard InChI is InChI=1S/C16H18ClN3O2/c17-14-5-2-1-4-12(14)10-20-11-13(7-8-16(20)22)19-15(21)6-3-9-18/h1-2,4-5,7-8,11H,3,6,9-10,18H2,(H,19,21). The second-order valence-electron chi connectivity index (χ2n) is 4.92. The third-order valence-electron chi connectivity index (χ3n) is 3.17. The van der Waals surface area contributed by atoms with E-state index in [4.69, 9.17) is 17.3 Å². The van der Waals surface area contributed by atoms with E-state index >= 15 is 0 Å². The predicted octanol–water partition coefficient (Wildman–Crippen LogP) is 2.23. The van der Waals surface area contributed by atoms with E-state index in [-0.39, 0.29) is 11.5 Å². The zero-order chi connectivity index (χ0) is 15.9. The number of benzene rings is 1. The fourth-order valence-corrected chi connectivity index (χ4v) is 2.22. The lowest BCUT2D eigenvalue weighted by atomic mass is 10.2. The lowest BCUT2D eigenvalue weighted by Crippen LogP contribution is -2.21. The van der Waals surface area contributed by atoms with Crippen LogP contribution in [0, 0.1) is 0 Å². The van der Waals surface area contributed by atoms with Gasteiger partial charge in [0.05, 0.1) is 12.2 Å². The molecule has 0 spiro atoms. The van der Waals surface area contributed by atoms with Gasteiger partial charge >= 0.3 is 0 Å². The summed E-state index contributed by atoms with van der Waals surface area (Å²) in [7, 11) is 0. The summed E-state index contributed by atoms with van der Waals surface area (Å²) in [5.41, 5.74) is 6.65. The van der Waals surface area contributed by atoms with E-state index in [1.165, 1.54) is 10.6 Å². The number of anilines is 1. The number of aromatic nitrogens is 1. The molecule has 1 aromatic carbocycles. The molecule has 0 unspecified atom stereocenters. The number of nitrogens with two attached hydrogens (primary N) is 1. The number of rotatable bonds is 6. The van der Waals surface area contributed by atoms with Crippen LogP contribution in [-0.2, 0) is 11.3 Å². The van der Waals surface area contributed by atoms with E-state index in [1.807, 2.05) is 18.2 Å². The van der Waals surface area contributed by atoms with Gasteiger partial charge in [-0.05, 0) is 30.7 Å². The van der Waals surface area contributed by atoms with Crippen molar-refractivity contribution in [3.05, 3.63) is 63.5 Å². The third kappa shape index (κ3) is 4.44. The number of hydrogen-bond acceptors (Lipinski definition) is 3. The van der Waals surface area contributed by atoms with Crippen molar-refractivity contribution in [1.82, 2.24) is 4.57 Å². The fraction of sp³-hybridized carbons (Fsp3) is 0.250. The Morgan fingerprint density at radius 1 is 1.23 bits per heavy atom. The molecule has 3 N–H and O–H groups in total. The molecule has 0 aliphatic heterocycles. The fourth-order valence-electron chi connectivity index (χ4n) is 2.03. The van der Waals surface area contributed by atoms with Crippen LogP contribution < -0.4 is 16.6 Å². The van der Waals surface area contributed by atoms with E-state index in [2.05, 4.69) is 5.32 Å². The van der Waals surface area contributed by atoms with Gasteiger partial charge in [0, 0.05) is 23.7 Å². The lowest BCUT2D eigenvalue weighted by Gasteiger charge is -2.10. The van der Waals surface area contributed by atoms with E-state index in [0.717, 1.165) is 5.56 Å². The number of nitrogens with zero attached hydrogens (tertiary/aromatic N) is 1. The number of nitrogens with one attached hydrogen (secondary N) is 1. The van der Waals surface area contributed by atoms with Crippen molar-refractivity contribution in [2.24, 2.45) is 5.73 Å². The van der Waals surface area contributed by atoms with Crippen molar-refractivity contribution in [3.63, 3.8) is 0 Å². The van der Waals surface area contributed by atoms with E-state index in [1.54, 1.807) is 18.3 Å². The second kappa shape index (κ2) is 7.77. The number of carbonyl (C=O) groups excluding carboxylic acids is 1. The SMILES string of the molecule is NCCCC(=O)Nc1ccc(=O)n(Cc2ccccc2Cl)c1. The minimum atomic E-state index is -0.153. The normalized spacial score (nSPS) is 10.5. The summed E-state index contributed by atoms with van der Waals surface area (Å²) in [5.74, 6) is -0.117. The highest BCUT2D eigenvalue weighted by atomic mass is 35.5. The predicted molar refractivity (Wildman–Crippen MR) is 88.2 cm³/mol. The molecule has 0 aliphatic rings. The quantitative estimate of drug-likeness (QED) is 0.857. The maximum atomic E-state index is 11.9. The monoisotopic (exact) mass is 319 g/mol. The Balaban J connectivity index is 2.15. The van der Waals surface area contributed by atoms with Gasteiger partial charge in [0.2, 0.25) is 5.91 Å². The first-order valence-corrected chi connectivity index (χ1v) is 7.42. The van der Waals surface area contributed by atoms with Crippen LogP contribution in [0.4, 0.5) is 5.69 Å². The van der Waals surface area contributed by atoms with Crippen LogP contribution in [0.25, 0.3) is 0 Å². The summed E-state index contributed by atoms with van der Waals surface area (Å²) in [6.07, 6.45) is 2.61. The largest absolute Gasteiger partial charge is 0.330 e. The molecule has 0 atom stereocenters. The van der Waals surface area contributed by atoms with Gasteiger partial charge in [-0.2, -0.15) is 0 Å². The molecule has 0 bridgehead atoms. The van der Waals surface area contributed by atoms with Crippen molar-refractivity contribution in [2.45, 2.75) is 19.4 Å². The summed E-state index contributed by atoms with van der Waals surface area (Å²) in [6.45, 7) is 0.824. The van der Waals surface area contributed by atoms with Gasteiger partial charge in [-0.25, -0.2) is 0 Å². The van der Waals surface area contributed by atoms with Crippen LogP contribution in [-0.4, -0.2) is 17.0 Å². The average molecular weight is 320 g/mol. The van der Waals surface area contributed by atoms with Crippen molar-refractivity contribution < 1.29 is 4.79 Å². The topological polar surface area (TPSA) is 77.1 Å². The van der Waals surface area contributed by atoms with Crippen molar-refractivity contribution in [3.8, 4) is 0 Å². The van der Waals surface area contributed by atoms with Gasteiger partial charge in [0.15, 0.2) is 0 Å². The highest BCUT2D eigenvalue weighted by Crippen LogP contribution is 2.16. The third-order valence-corrected chi connectivity index (χ3v) is 3.54. The van der Waals surface area contributed by atoms with Crippen LogP contribution >= 0.6 is 11.6 Å². The highest BCUT2D eigenvalue weighted by Gasteiger charge is 2.06. The Morgan fingerprint density at radius 3 is 2.73 bits per heavy atom. The van der Waals surface area contributed by atoms with Crippen LogP contribution in [0.3, 0.4) is 0 Å². The van der Waals surface area contributed by atoms with Gasteiger partial charge in [-0.3, -0.25) is 9.59 Å². The number of pyridine rings is 1.